The van der Waals surface area contributed by atoms with Crippen molar-refractivity contribution >= 4 is 0 Å². The Kier molecular flexibility index (Phi) is 1.85. The van der Waals surface area contributed by atoms with E-state index in [1.807, 2.05) is 36.5 Å². The van der Waals surface area contributed by atoms with Crippen LogP contribution in [0.4, 0.5) is 0 Å². The third-order valence-electron chi connectivity index (χ3n) is 1.80. The highest BCUT2D eigenvalue weighted by Gasteiger charge is 1.98. The first-order valence-electron chi connectivity index (χ1n) is 3.96. The quantitative estimate of drug-likeness (QED) is 0.595. The van der Waals surface area contributed by atoms with Crippen LogP contribution in [0.2, 0.25) is 0 Å². The lowest BCUT2D eigenvalue weighted by Gasteiger charge is -1.92. The number of hydrogen-bond acceptors (Lipinski definition) is 1. The minimum atomic E-state index is 0.901. The Labute approximate surface area is 76.9 Å². The predicted molar refractivity (Wildman–Crippen MR) is 51.9 cm³/mol. The highest BCUT2D eigenvalue weighted by molar-refractivity contribution is 5.57. The Morgan fingerprint density at radius 3 is 2.62 bits per heavy atom. The average Bonchev–Trinajstić information content (AvgIpc) is 2.67. The molecule has 2 nitrogen and oxygen atoms in total. The zero-order valence-electron chi connectivity index (χ0n) is 7.01. The number of nitrogens with zero attached hydrogens (tertiary/aromatic N) is 2. The molecule has 1 heterocycles. The number of rotatable bonds is 1. The summed E-state index contributed by atoms with van der Waals surface area (Å²) in [5, 5.41) is 0. The summed E-state index contributed by atoms with van der Waals surface area (Å²) in [6.07, 6.45) is 8.67. The van der Waals surface area contributed by atoms with Crippen molar-refractivity contribution < 1.29 is 0 Å². The average molecular weight is 168 g/mol. The molecule has 0 amide bonds. The second-order valence-corrected chi connectivity index (χ2v) is 2.66. The van der Waals surface area contributed by atoms with Crippen LogP contribution in [-0.2, 0) is 0 Å². The molecule has 62 valence electrons. The highest BCUT2D eigenvalue weighted by Crippen LogP contribution is 2.15. The van der Waals surface area contributed by atoms with E-state index in [4.69, 9.17) is 6.42 Å². The van der Waals surface area contributed by atoms with Crippen LogP contribution >= 0.6 is 0 Å². The minimum absolute atomic E-state index is 0.901. The van der Waals surface area contributed by atoms with Crippen LogP contribution in [-0.4, -0.2) is 9.55 Å². The SMILES string of the molecule is C#Cn1cnc(-c2ccccc2)c1. The van der Waals surface area contributed by atoms with Crippen LogP contribution < -0.4 is 0 Å². The zero-order valence-corrected chi connectivity index (χ0v) is 7.01. The van der Waals surface area contributed by atoms with Crippen LogP contribution in [0.3, 0.4) is 0 Å². The molecular weight excluding hydrogens is 160 g/mol. The summed E-state index contributed by atoms with van der Waals surface area (Å²) in [5.74, 6) is 0. The number of aromatic nitrogens is 2. The van der Waals surface area contributed by atoms with Crippen molar-refractivity contribution in [3.63, 3.8) is 0 Å². The fourth-order valence-electron chi connectivity index (χ4n) is 1.15. The molecule has 0 bridgehead atoms. The summed E-state index contributed by atoms with van der Waals surface area (Å²) in [6.45, 7) is 0. The maximum absolute atomic E-state index is 5.21. The van der Waals surface area contributed by atoms with Gasteiger partial charge in [-0.1, -0.05) is 36.8 Å². The van der Waals surface area contributed by atoms with Crippen molar-refractivity contribution in [2.24, 2.45) is 0 Å². The molecule has 0 fully saturated rings. The smallest absolute Gasteiger partial charge is 0.107 e. The third-order valence-corrected chi connectivity index (χ3v) is 1.80. The first kappa shape index (κ1) is 7.63. The monoisotopic (exact) mass is 168 g/mol. The van der Waals surface area contributed by atoms with Gasteiger partial charge in [-0.3, -0.25) is 4.57 Å². The van der Waals surface area contributed by atoms with E-state index in [0.29, 0.717) is 0 Å². The lowest BCUT2D eigenvalue weighted by Crippen LogP contribution is -1.78. The Morgan fingerprint density at radius 1 is 1.23 bits per heavy atom. The van der Waals surface area contributed by atoms with Gasteiger partial charge in [0.2, 0.25) is 0 Å². The summed E-state index contributed by atoms with van der Waals surface area (Å²) in [4.78, 5) is 4.18. The van der Waals surface area contributed by atoms with Gasteiger partial charge in [0.15, 0.2) is 0 Å². The summed E-state index contributed by atoms with van der Waals surface area (Å²) in [5.41, 5.74) is 1.98. The van der Waals surface area contributed by atoms with Crippen LogP contribution in [0.1, 0.15) is 0 Å². The highest BCUT2D eigenvalue weighted by atomic mass is 15.0. The molecule has 13 heavy (non-hydrogen) atoms. The van der Waals surface area contributed by atoms with Crippen molar-refractivity contribution in [3.05, 3.63) is 42.9 Å². The Bertz CT molecular complexity index is 435. The lowest BCUT2D eigenvalue weighted by molar-refractivity contribution is 1.12. The van der Waals surface area contributed by atoms with Crippen LogP contribution in [0.25, 0.3) is 11.3 Å². The van der Waals surface area contributed by atoms with Gasteiger partial charge in [-0.2, -0.15) is 0 Å². The van der Waals surface area contributed by atoms with Crippen LogP contribution in [0.15, 0.2) is 42.9 Å². The standard InChI is InChI=1S/C11H8N2/c1-2-13-8-11(12-9-13)10-6-4-3-5-7-10/h1,3-9H. The molecule has 0 radical (unpaired) electrons. The summed E-state index contributed by atoms with van der Waals surface area (Å²) < 4.78 is 1.60. The number of hydrogen-bond donors (Lipinski definition) is 0. The van der Waals surface area contributed by atoms with E-state index in [2.05, 4.69) is 11.0 Å². The molecule has 2 aromatic rings. The first-order valence-corrected chi connectivity index (χ1v) is 3.96. The van der Waals surface area contributed by atoms with Gasteiger partial charge in [0, 0.05) is 17.8 Å². The number of imidazole rings is 1. The van der Waals surface area contributed by atoms with Gasteiger partial charge >= 0.3 is 0 Å². The zero-order chi connectivity index (χ0) is 9.10. The van der Waals surface area contributed by atoms with Gasteiger partial charge in [0.25, 0.3) is 0 Å². The van der Waals surface area contributed by atoms with Crippen molar-refractivity contribution in [1.29, 1.82) is 0 Å². The van der Waals surface area contributed by atoms with Crippen LogP contribution in [0.5, 0.6) is 0 Å². The van der Waals surface area contributed by atoms with Crippen molar-refractivity contribution in [3.8, 4) is 23.7 Å². The molecule has 0 unspecified atom stereocenters. The van der Waals surface area contributed by atoms with Crippen LogP contribution in [0, 0.1) is 12.5 Å². The van der Waals surface area contributed by atoms with Crippen molar-refractivity contribution in [2.45, 2.75) is 0 Å². The molecule has 0 aliphatic carbocycles. The van der Waals surface area contributed by atoms with Crippen molar-refractivity contribution in [1.82, 2.24) is 9.55 Å². The summed E-state index contributed by atoms with van der Waals surface area (Å²) in [6, 6.07) is 12.4. The van der Waals surface area contributed by atoms with Gasteiger partial charge in [-0.05, 0) is 0 Å². The molecule has 1 aromatic carbocycles. The number of terminal acetylenes is 1. The van der Waals surface area contributed by atoms with E-state index < -0.39 is 0 Å². The fourth-order valence-corrected chi connectivity index (χ4v) is 1.15. The molecule has 0 aliphatic heterocycles. The molecule has 0 N–H and O–H groups in total. The maximum atomic E-state index is 5.21. The molecule has 0 spiro atoms. The molecule has 0 saturated carbocycles. The van der Waals surface area contributed by atoms with E-state index in [-0.39, 0.29) is 0 Å². The lowest BCUT2D eigenvalue weighted by atomic mass is 10.2. The topological polar surface area (TPSA) is 17.8 Å². The van der Waals surface area contributed by atoms with Gasteiger partial charge < -0.3 is 0 Å². The molecule has 0 atom stereocenters. The Hall–Kier alpha value is -2.01. The number of benzene rings is 1. The van der Waals surface area contributed by atoms with E-state index >= 15 is 0 Å². The Balaban J connectivity index is 2.43. The van der Waals surface area contributed by atoms with E-state index in [0.717, 1.165) is 11.3 Å². The molecule has 0 aliphatic rings. The second kappa shape index (κ2) is 3.16. The molecule has 1 aromatic heterocycles. The Morgan fingerprint density at radius 2 is 2.00 bits per heavy atom. The molecule has 2 rings (SSSR count). The third kappa shape index (κ3) is 1.45. The van der Waals surface area contributed by atoms with E-state index in [1.54, 1.807) is 10.9 Å². The summed E-state index contributed by atoms with van der Waals surface area (Å²) in [7, 11) is 0. The van der Waals surface area contributed by atoms with Crippen molar-refractivity contribution in [2.75, 3.05) is 0 Å². The van der Waals surface area contributed by atoms with Gasteiger partial charge in [-0.15, -0.1) is 0 Å². The van der Waals surface area contributed by atoms with E-state index in [9.17, 15) is 0 Å². The molecule has 0 saturated heterocycles. The van der Waals surface area contributed by atoms with Gasteiger partial charge in [0.1, 0.15) is 6.33 Å². The largest absolute Gasteiger partial charge is 0.265 e. The van der Waals surface area contributed by atoms with Gasteiger partial charge in [0.05, 0.1) is 5.69 Å². The fraction of sp³-hybridized carbons (Fsp3) is 0. The van der Waals surface area contributed by atoms with Gasteiger partial charge in [-0.25, -0.2) is 4.98 Å². The predicted octanol–water partition coefficient (Wildman–Crippen LogP) is 1.99. The normalized spacial score (nSPS) is 9.46. The van der Waals surface area contributed by atoms with E-state index in [1.165, 1.54) is 0 Å². The summed E-state index contributed by atoms with van der Waals surface area (Å²) >= 11 is 0. The minimum Gasteiger partial charge on any atom is -0.265 e. The maximum Gasteiger partial charge on any atom is 0.107 e. The molecular formula is C11H8N2. The second-order valence-electron chi connectivity index (χ2n) is 2.66. The first-order chi connectivity index (χ1) is 6.40. The molecule has 2 heteroatoms.